The zero-order valence-corrected chi connectivity index (χ0v) is 18.4. The second kappa shape index (κ2) is 8.81. The number of nitrogens with one attached hydrogen (secondary N) is 2. The normalized spacial score (nSPS) is 12.1. The van der Waals surface area contributed by atoms with Crippen molar-refractivity contribution in [3.8, 4) is 22.9 Å². The number of hydrogen-bond donors (Lipinski definition) is 2. The van der Waals surface area contributed by atoms with Crippen LogP contribution in [0.4, 0.5) is 9.18 Å². The van der Waals surface area contributed by atoms with Gasteiger partial charge in [-0.15, -0.1) is 0 Å². The van der Waals surface area contributed by atoms with Crippen LogP contribution in [-0.2, 0) is 7.05 Å². The van der Waals surface area contributed by atoms with Gasteiger partial charge in [-0.2, -0.15) is 5.10 Å². The Kier molecular flexibility index (Phi) is 5.54. The maximum Gasteiger partial charge on any atom is 0.413 e. The number of hydrogen-bond acceptors (Lipinski definition) is 6. The summed E-state index contributed by atoms with van der Waals surface area (Å²) in [6.07, 6.45) is 2.44. The topological polar surface area (TPSA) is 107 Å². The Bertz CT molecular complexity index is 1480. The predicted octanol–water partition coefficient (Wildman–Crippen LogP) is 4.21. The van der Waals surface area contributed by atoms with E-state index in [0.717, 1.165) is 5.39 Å². The van der Waals surface area contributed by atoms with E-state index in [1.165, 1.54) is 18.3 Å². The van der Waals surface area contributed by atoms with Gasteiger partial charge in [0.1, 0.15) is 29.6 Å². The van der Waals surface area contributed by atoms with E-state index in [0.29, 0.717) is 33.8 Å². The van der Waals surface area contributed by atoms with Crippen LogP contribution < -0.4 is 14.8 Å². The molecule has 9 nitrogen and oxygen atoms in total. The monoisotopic (exact) mass is 460 g/mol. The van der Waals surface area contributed by atoms with Crippen molar-refractivity contribution in [2.45, 2.75) is 13.0 Å². The highest BCUT2D eigenvalue weighted by Crippen LogP contribution is 2.29. The minimum atomic E-state index is -0.643. The molecule has 5 aromatic rings. The molecular formula is C24H21FN6O3. The number of H-pyrrole nitrogens is 1. The molecule has 34 heavy (non-hydrogen) atoms. The van der Waals surface area contributed by atoms with E-state index in [4.69, 9.17) is 9.47 Å². The molecule has 1 amide bonds. The first-order valence-electron chi connectivity index (χ1n) is 10.6. The minimum absolute atomic E-state index is 0.226. The first-order chi connectivity index (χ1) is 16.5. The fraction of sp³-hybridized carbons (Fsp3) is 0.167. The maximum absolute atomic E-state index is 13.7. The first kappa shape index (κ1) is 21.4. The third-order valence-electron chi connectivity index (χ3n) is 5.21. The van der Waals surface area contributed by atoms with E-state index in [1.54, 1.807) is 24.0 Å². The van der Waals surface area contributed by atoms with Crippen molar-refractivity contribution in [1.82, 2.24) is 30.0 Å². The number of rotatable bonds is 6. The van der Waals surface area contributed by atoms with Crippen LogP contribution in [0.1, 0.15) is 6.92 Å². The number of aryl methyl sites for hydroxylation is 1. The van der Waals surface area contributed by atoms with Gasteiger partial charge in [-0.1, -0.05) is 18.2 Å². The van der Waals surface area contributed by atoms with Crippen molar-refractivity contribution in [3.05, 3.63) is 66.7 Å². The van der Waals surface area contributed by atoms with Crippen LogP contribution in [0.5, 0.6) is 11.5 Å². The van der Waals surface area contributed by atoms with Gasteiger partial charge in [0.2, 0.25) is 0 Å². The van der Waals surface area contributed by atoms with Crippen molar-refractivity contribution in [1.29, 1.82) is 0 Å². The maximum atomic E-state index is 13.7. The summed E-state index contributed by atoms with van der Waals surface area (Å²) in [5, 5.41) is 7.94. The van der Waals surface area contributed by atoms with Gasteiger partial charge in [0.05, 0.1) is 17.8 Å². The van der Waals surface area contributed by atoms with Gasteiger partial charge >= 0.3 is 6.09 Å². The highest BCUT2D eigenvalue weighted by Gasteiger charge is 2.18. The minimum Gasteiger partial charge on any atom is -0.491 e. The number of aromatic amines is 1. The lowest BCUT2D eigenvalue weighted by Crippen LogP contribution is -2.38. The van der Waals surface area contributed by atoms with Crippen molar-refractivity contribution >= 4 is 28.2 Å². The zero-order valence-electron chi connectivity index (χ0n) is 18.4. The Labute approximate surface area is 193 Å². The lowest BCUT2D eigenvalue weighted by molar-refractivity contribution is 0.189. The molecule has 172 valence electrons. The summed E-state index contributed by atoms with van der Waals surface area (Å²) >= 11 is 0. The van der Waals surface area contributed by atoms with Gasteiger partial charge in [-0.25, -0.2) is 19.2 Å². The number of para-hydroxylation sites is 1. The van der Waals surface area contributed by atoms with Crippen LogP contribution in [0.3, 0.4) is 0 Å². The lowest BCUT2D eigenvalue weighted by atomic mass is 10.1. The van der Waals surface area contributed by atoms with E-state index in [2.05, 4.69) is 25.4 Å². The molecule has 3 aromatic heterocycles. The number of benzene rings is 2. The molecule has 0 aliphatic heterocycles. The molecule has 0 spiro atoms. The Balaban J connectivity index is 1.33. The number of ether oxygens (including phenoxy) is 2. The van der Waals surface area contributed by atoms with Crippen LogP contribution in [-0.4, -0.2) is 43.5 Å². The van der Waals surface area contributed by atoms with Gasteiger partial charge in [0.15, 0.2) is 16.9 Å². The van der Waals surface area contributed by atoms with Crippen LogP contribution in [0.15, 0.2) is 60.9 Å². The summed E-state index contributed by atoms with van der Waals surface area (Å²) in [7, 11) is 1.73. The summed E-state index contributed by atoms with van der Waals surface area (Å²) in [5.41, 5.74) is 2.49. The number of carbonyl (C=O) groups is 1. The number of aromatic nitrogens is 5. The third kappa shape index (κ3) is 4.25. The van der Waals surface area contributed by atoms with Crippen LogP contribution in [0, 0.1) is 5.82 Å². The molecule has 2 aromatic carbocycles. The number of halogens is 1. The van der Waals surface area contributed by atoms with E-state index in [9.17, 15) is 9.18 Å². The molecule has 0 radical (unpaired) electrons. The summed E-state index contributed by atoms with van der Waals surface area (Å²) in [6.45, 7) is 2.09. The molecule has 1 atom stereocenters. The molecule has 0 aliphatic carbocycles. The van der Waals surface area contributed by atoms with Crippen LogP contribution in [0.2, 0.25) is 0 Å². The van der Waals surface area contributed by atoms with Crippen molar-refractivity contribution in [2.75, 3.05) is 6.61 Å². The average molecular weight is 460 g/mol. The van der Waals surface area contributed by atoms with E-state index in [-0.39, 0.29) is 24.2 Å². The summed E-state index contributed by atoms with van der Waals surface area (Å²) in [4.78, 5) is 24.4. The molecule has 3 heterocycles. The predicted molar refractivity (Wildman–Crippen MR) is 124 cm³/mol. The average Bonchev–Trinajstić information content (AvgIpc) is 3.38. The van der Waals surface area contributed by atoms with E-state index >= 15 is 0 Å². The SMILES string of the molecule is CC(COc1ccccc1)NC(=O)Oc1c[nH]c2ncc(-c3nn(C)c4cc(F)ccc34)nc12. The molecule has 0 fully saturated rings. The third-order valence-corrected chi connectivity index (χ3v) is 5.21. The van der Waals surface area contributed by atoms with Crippen molar-refractivity contribution < 1.29 is 18.7 Å². The smallest absolute Gasteiger partial charge is 0.413 e. The number of nitrogens with zero attached hydrogens (tertiary/aromatic N) is 4. The Morgan fingerprint density at radius 1 is 1.24 bits per heavy atom. The second-order valence-electron chi connectivity index (χ2n) is 7.80. The lowest BCUT2D eigenvalue weighted by Gasteiger charge is -2.14. The Morgan fingerprint density at radius 3 is 2.88 bits per heavy atom. The molecule has 0 bridgehead atoms. The number of carbonyl (C=O) groups excluding carboxylic acids is 1. The number of amides is 1. The quantitative estimate of drug-likeness (QED) is 0.393. The first-order valence-corrected chi connectivity index (χ1v) is 10.6. The Hall–Kier alpha value is -4.47. The molecular weight excluding hydrogens is 439 g/mol. The van der Waals surface area contributed by atoms with E-state index < -0.39 is 6.09 Å². The molecule has 2 N–H and O–H groups in total. The summed E-state index contributed by atoms with van der Waals surface area (Å²) in [5.74, 6) is 0.595. The highest BCUT2D eigenvalue weighted by atomic mass is 19.1. The fourth-order valence-electron chi connectivity index (χ4n) is 3.59. The standard InChI is InChI=1S/C24H21FN6O3/c1-14(13-33-16-6-4-3-5-7-16)28-24(32)34-20-12-27-23-22(20)29-18(11-26-23)21-17-9-8-15(25)10-19(17)31(2)30-21/h3-12,14H,13H2,1-2H3,(H,26,27)(H,28,32). The molecule has 5 rings (SSSR count). The van der Waals surface area contributed by atoms with Gasteiger partial charge in [0, 0.05) is 18.6 Å². The molecule has 0 saturated heterocycles. The van der Waals surface area contributed by atoms with Crippen LogP contribution in [0.25, 0.3) is 33.5 Å². The molecule has 0 aliphatic rings. The Morgan fingerprint density at radius 2 is 2.06 bits per heavy atom. The van der Waals surface area contributed by atoms with Crippen LogP contribution >= 0.6 is 0 Å². The van der Waals surface area contributed by atoms with Gasteiger partial charge in [0.25, 0.3) is 0 Å². The summed E-state index contributed by atoms with van der Waals surface area (Å²) < 4.78 is 26.4. The van der Waals surface area contributed by atoms with Crippen molar-refractivity contribution in [3.63, 3.8) is 0 Å². The molecule has 1 unspecified atom stereocenters. The van der Waals surface area contributed by atoms with E-state index in [1.807, 2.05) is 37.3 Å². The number of fused-ring (bicyclic) bond motifs is 2. The fourth-order valence-corrected chi connectivity index (χ4v) is 3.59. The van der Waals surface area contributed by atoms with Gasteiger partial charge in [-0.05, 0) is 37.3 Å². The van der Waals surface area contributed by atoms with Crippen molar-refractivity contribution in [2.24, 2.45) is 7.05 Å². The summed E-state index contributed by atoms with van der Waals surface area (Å²) in [6, 6.07) is 13.5. The van der Waals surface area contributed by atoms with Gasteiger partial charge < -0.3 is 19.8 Å². The molecule has 10 heteroatoms. The van der Waals surface area contributed by atoms with Gasteiger partial charge in [-0.3, -0.25) is 4.68 Å². The second-order valence-corrected chi connectivity index (χ2v) is 7.80. The molecule has 0 saturated carbocycles. The largest absolute Gasteiger partial charge is 0.491 e. The zero-order chi connectivity index (χ0) is 23.7. The highest BCUT2D eigenvalue weighted by molar-refractivity contribution is 5.93.